The molecule has 1 aromatic heterocycles. The molecule has 0 radical (unpaired) electrons. The minimum Gasteiger partial charge on any atom is -0.454 e. The number of carbonyl (C=O) groups is 1. The number of ether oxygens (including phenoxy) is 2. The third-order valence-electron chi connectivity index (χ3n) is 4.91. The Labute approximate surface area is 151 Å². The summed E-state index contributed by atoms with van der Waals surface area (Å²) in [5.74, 6) is 2.78. The number of nitrogens with zero attached hydrogens (tertiary/aromatic N) is 3. The number of aryl methyl sites for hydroxylation is 1. The SMILES string of the molecule is Cc1noc(C2CCCN(C(C)C(=O)Nc3ccc4c(c3)OCO4)C2)n1. The fourth-order valence-electron chi connectivity index (χ4n) is 3.43. The third-order valence-corrected chi connectivity index (χ3v) is 4.91. The number of carbonyl (C=O) groups excluding carboxylic acids is 1. The average molecular weight is 358 g/mol. The van der Waals surface area contributed by atoms with Gasteiger partial charge in [-0.1, -0.05) is 5.16 Å². The fraction of sp³-hybridized carbons (Fsp3) is 0.500. The van der Waals surface area contributed by atoms with Crippen molar-refractivity contribution >= 4 is 11.6 Å². The first-order chi connectivity index (χ1) is 12.6. The predicted octanol–water partition coefficient (Wildman–Crippen LogP) is 2.31. The molecule has 4 rings (SSSR count). The molecule has 1 saturated heterocycles. The van der Waals surface area contributed by atoms with E-state index in [2.05, 4.69) is 20.4 Å². The molecule has 2 unspecified atom stereocenters. The summed E-state index contributed by atoms with van der Waals surface area (Å²) in [6.45, 7) is 5.56. The molecule has 0 aliphatic carbocycles. The number of fused-ring (bicyclic) bond motifs is 1. The van der Waals surface area contributed by atoms with Gasteiger partial charge < -0.3 is 19.3 Å². The minimum atomic E-state index is -0.257. The van der Waals surface area contributed by atoms with Gasteiger partial charge in [0.1, 0.15) is 0 Å². The molecule has 1 N–H and O–H groups in total. The first kappa shape index (κ1) is 16.8. The Morgan fingerprint density at radius 1 is 1.35 bits per heavy atom. The first-order valence-electron chi connectivity index (χ1n) is 8.85. The molecular formula is C18H22N4O4. The van der Waals surface area contributed by atoms with E-state index in [1.54, 1.807) is 12.1 Å². The maximum absolute atomic E-state index is 12.7. The van der Waals surface area contributed by atoms with E-state index in [9.17, 15) is 4.79 Å². The number of anilines is 1. The summed E-state index contributed by atoms with van der Waals surface area (Å²) < 4.78 is 16.0. The van der Waals surface area contributed by atoms with Crippen LogP contribution in [0.3, 0.4) is 0 Å². The van der Waals surface area contributed by atoms with Crippen molar-refractivity contribution in [1.29, 1.82) is 0 Å². The van der Waals surface area contributed by atoms with Crippen molar-refractivity contribution in [1.82, 2.24) is 15.0 Å². The molecule has 0 spiro atoms. The molecule has 2 aliphatic rings. The molecule has 1 amide bonds. The molecule has 0 saturated carbocycles. The monoisotopic (exact) mass is 358 g/mol. The van der Waals surface area contributed by atoms with Crippen molar-refractivity contribution in [3.05, 3.63) is 29.9 Å². The van der Waals surface area contributed by atoms with Crippen molar-refractivity contribution < 1.29 is 18.8 Å². The topological polar surface area (TPSA) is 89.7 Å². The first-order valence-corrected chi connectivity index (χ1v) is 8.85. The Hall–Kier alpha value is -2.61. The van der Waals surface area contributed by atoms with Gasteiger partial charge >= 0.3 is 0 Å². The summed E-state index contributed by atoms with van der Waals surface area (Å²) >= 11 is 0. The molecule has 8 heteroatoms. The number of likely N-dealkylation sites (tertiary alicyclic amines) is 1. The maximum Gasteiger partial charge on any atom is 0.241 e. The number of aromatic nitrogens is 2. The van der Waals surface area contributed by atoms with Crippen LogP contribution in [0.25, 0.3) is 0 Å². The Bertz CT molecular complexity index is 806. The molecule has 1 aromatic carbocycles. The highest BCUT2D eigenvalue weighted by Crippen LogP contribution is 2.34. The van der Waals surface area contributed by atoms with Gasteiger partial charge in [0.05, 0.1) is 12.0 Å². The lowest BCUT2D eigenvalue weighted by Gasteiger charge is -2.34. The van der Waals surface area contributed by atoms with E-state index in [-0.39, 0.29) is 24.7 Å². The smallest absolute Gasteiger partial charge is 0.241 e. The lowest BCUT2D eigenvalue weighted by atomic mass is 9.96. The van der Waals surface area contributed by atoms with Gasteiger partial charge in [0, 0.05) is 18.3 Å². The summed E-state index contributed by atoms with van der Waals surface area (Å²) in [5.41, 5.74) is 0.701. The predicted molar refractivity (Wildman–Crippen MR) is 93.2 cm³/mol. The second kappa shape index (κ2) is 6.95. The van der Waals surface area contributed by atoms with E-state index in [1.165, 1.54) is 0 Å². The highest BCUT2D eigenvalue weighted by molar-refractivity contribution is 5.94. The maximum atomic E-state index is 12.7. The molecular weight excluding hydrogens is 336 g/mol. The molecule has 2 aliphatic heterocycles. The summed E-state index contributed by atoms with van der Waals surface area (Å²) in [5, 5.41) is 6.84. The number of hydrogen-bond donors (Lipinski definition) is 1. The number of hydrogen-bond acceptors (Lipinski definition) is 7. The Morgan fingerprint density at radius 3 is 3.00 bits per heavy atom. The summed E-state index contributed by atoms with van der Waals surface area (Å²) in [4.78, 5) is 19.2. The van der Waals surface area contributed by atoms with Crippen molar-refractivity contribution in [3.63, 3.8) is 0 Å². The molecule has 2 aromatic rings. The molecule has 2 atom stereocenters. The van der Waals surface area contributed by atoms with Crippen LogP contribution in [0.5, 0.6) is 11.5 Å². The van der Waals surface area contributed by atoms with Gasteiger partial charge in [-0.15, -0.1) is 0 Å². The van der Waals surface area contributed by atoms with E-state index in [4.69, 9.17) is 14.0 Å². The average Bonchev–Trinajstić information content (AvgIpc) is 3.29. The molecule has 0 bridgehead atoms. The zero-order valence-electron chi connectivity index (χ0n) is 14.9. The second-order valence-electron chi connectivity index (χ2n) is 6.75. The van der Waals surface area contributed by atoms with Crippen LogP contribution in [0.2, 0.25) is 0 Å². The summed E-state index contributed by atoms with van der Waals surface area (Å²) in [6, 6.07) is 5.15. The van der Waals surface area contributed by atoms with Crippen LogP contribution in [0.1, 0.15) is 37.4 Å². The molecule has 3 heterocycles. The second-order valence-corrected chi connectivity index (χ2v) is 6.75. The zero-order chi connectivity index (χ0) is 18.1. The molecule has 1 fully saturated rings. The number of piperidine rings is 1. The van der Waals surface area contributed by atoms with Crippen molar-refractivity contribution in [2.24, 2.45) is 0 Å². The van der Waals surface area contributed by atoms with Crippen LogP contribution in [-0.4, -0.2) is 46.9 Å². The Balaban J connectivity index is 1.39. The number of rotatable bonds is 4. The summed E-state index contributed by atoms with van der Waals surface area (Å²) in [6.07, 6.45) is 1.99. The van der Waals surface area contributed by atoms with Crippen LogP contribution < -0.4 is 14.8 Å². The van der Waals surface area contributed by atoms with E-state index < -0.39 is 0 Å². The minimum absolute atomic E-state index is 0.0498. The van der Waals surface area contributed by atoms with Crippen molar-refractivity contribution in [2.45, 2.75) is 38.6 Å². The van der Waals surface area contributed by atoms with E-state index in [0.717, 1.165) is 25.9 Å². The Morgan fingerprint density at radius 2 is 2.19 bits per heavy atom. The highest BCUT2D eigenvalue weighted by atomic mass is 16.7. The molecule has 8 nitrogen and oxygen atoms in total. The van der Waals surface area contributed by atoms with Gasteiger partial charge in [-0.25, -0.2) is 0 Å². The van der Waals surface area contributed by atoms with Crippen LogP contribution in [0.15, 0.2) is 22.7 Å². The van der Waals surface area contributed by atoms with Crippen molar-refractivity contribution in [2.75, 3.05) is 25.2 Å². The highest BCUT2D eigenvalue weighted by Gasteiger charge is 2.31. The van der Waals surface area contributed by atoms with Gasteiger partial charge in [-0.05, 0) is 45.4 Å². The van der Waals surface area contributed by atoms with Crippen LogP contribution in [0, 0.1) is 6.92 Å². The van der Waals surface area contributed by atoms with E-state index in [1.807, 2.05) is 19.9 Å². The fourth-order valence-corrected chi connectivity index (χ4v) is 3.43. The normalized spacial score (nSPS) is 20.8. The zero-order valence-corrected chi connectivity index (χ0v) is 14.9. The lowest BCUT2D eigenvalue weighted by molar-refractivity contribution is -0.121. The quantitative estimate of drug-likeness (QED) is 0.897. The van der Waals surface area contributed by atoms with Gasteiger partial charge in [0.15, 0.2) is 17.3 Å². The van der Waals surface area contributed by atoms with Gasteiger partial charge in [-0.2, -0.15) is 4.98 Å². The number of nitrogens with one attached hydrogen (secondary N) is 1. The van der Waals surface area contributed by atoms with Gasteiger partial charge in [0.25, 0.3) is 0 Å². The van der Waals surface area contributed by atoms with E-state index in [0.29, 0.717) is 28.9 Å². The summed E-state index contributed by atoms with van der Waals surface area (Å²) in [7, 11) is 0. The number of benzene rings is 1. The van der Waals surface area contributed by atoms with Crippen LogP contribution >= 0.6 is 0 Å². The van der Waals surface area contributed by atoms with Gasteiger partial charge in [0.2, 0.25) is 18.6 Å². The Kier molecular flexibility index (Phi) is 4.50. The largest absolute Gasteiger partial charge is 0.454 e. The lowest BCUT2D eigenvalue weighted by Crippen LogP contribution is -2.46. The molecule has 26 heavy (non-hydrogen) atoms. The molecule has 138 valence electrons. The van der Waals surface area contributed by atoms with Crippen LogP contribution in [0.4, 0.5) is 5.69 Å². The van der Waals surface area contributed by atoms with Crippen molar-refractivity contribution in [3.8, 4) is 11.5 Å². The van der Waals surface area contributed by atoms with Crippen LogP contribution in [-0.2, 0) is 4.79 Å². The standard InChI is InChI=1S/C18H22N4O4/c1-11(17(23)20-14-5-6-15-16(8-14)25-10-24-15)22-7-3-4-13(9-22)18-19-12(2)21-26-18/h5-6,8,11,13H,3-4,7,9-10H2,1-2H3,(H,20,23). The number of amides is 1. The van der Waals surface area contributed by atoms with Gasteiger partial charge in [-0.3, -0.25) is 9.69 Å². The van der Waals surface area contributed by atoms with E-state index >= 15 is 0 Å². The third kappa shape index (κ3) is 3.37.